The molecule has 1 atom stereocenters. The summed E-state index contributed by atoms with van der Waals surface area (Å²) in [5.74, 6) is -0.311. The fourth-order valence-corrected chi connectivity index (χ4v) is 3.35. The van der Waals surface area contributed by atoms with Crippen molar-refractivity contribution in [3.8, 4) is 11.1 Å². The van der Waals surface area contributed by atoms with Gasteiger partial charge in [0.05, 0.1) is 6.20 Å². The second-order valence-corrected chi connectivity index (χ2v) is 7.00. The number of aromatic amines is 1. The highest BCUT2D eigenvalue weighted by Gasteiger charge is 2.30. The quantitative estimate of drug-likeness (QED) is 0.895. The van der Waals surface area contributed by atoms with Crippen LogP contribution < -0.4 is 0 Å². The van der Waals surface area contributed by atoms with E-state index in [9.17, 15) is 14.3 Å². The highest BCUT2D eigenvalue weighted by molar-refractivity contribution is 5.81. The number of benzene rings is 1. The van der Waals surface area contributed by atoms with E-state index in [1.165, 1.54) is 12.1 Å². The number of H-pyrrole nitrogens is 1. The molecule has 2 heterocycles. The standard InChI is InChI=1S/C19H24FN3O2/c1-12(2)18(24)19(25)23-8-6-13(7-9-23)17-16(11-21-22-17)14-4-3-5-15(20)10-14/h3-5,10-13,18,24H,6-9H2,1-2H3,(H,21,22). The first kappa shape index (κ1) is 17.6. The number of aliphatic hydroxyl groups excluding tert-OH is 1. The largest absolute Gasteiger partial charge is 0.383 e. The summed E-state index contributed by atoms with van der Waals surface area (Å²) < 4.78 is 13.5. The van der Waals surface area contributed by atoms with Crippen LogP contribution in [0.2, 0.25) is 0 Å². The monoisotopic (exact) mass is 345 g/mol. The van der Waals surface area contributed by atoms with Crippen LogP contribution in [0.3, 0.4) is 0 Å². The maximum atomic E-state index is 13.5. The molecule has 134 valence electrons. The summed E-state index contributed by atoms with van der Waals surface area (Å²) in [4.78, 5) is 14.0. The third kappa shape index (κ3) is 3.74. The Morgan fingerprint density at radius 2 is 2.08 bits per heavy atom. The summed E-state index contributed by atoms with van der Waals surface area (Å²) in [6.07, 6.45) is 2.37. The van der Waals surface area contributed by atoms with Gasteiger partial charge in [0.2, 0.25) is 0 Å². The number of carbonyl (C=O) groups excluding carboxylic acids is 1. The molecule has 1 fully saturated rings. The van der Waals surface area contributed by atoms with Crippen LogP contribution in [-0.2, 0) is 4.79 Å². The number of aromatic nitrogens is 2. The molecule has 25 heavy (non-hydrogen) atoms. The minimum absolute atomic E-state index is 0.0857. The van der Waals surface area contributed by atoms with E-state index in [-0.39, 0.29) is 23.6 Å². The molecule has 0 aliphatic carbocycles. The number of hydrogen-bond donors (Lipinski definition) is 2. The molecule has 5 nitrogen and oxygen atoms in total. The molecular weight excluding hydrogens is 321 g/mol. The van der Waals surface area contributed by atoms with Gasteiger partial charge in [-0.3, -0.25) is 9.89 Å². The van der Waals surface area contributed by atoms with Crippen LogP contribution >= 0.6 is 0 Å². The summed E-state index contributed by atoms with van der Waals surface area (Å²) in [5.41, 5.74) is 2.70. The van der Waals surface area contributed by atoms with Crippen LogP contribution in [0.1, 0.15) is 38.3 Å². The first-order valence-electron chi connectivity index (χ1n) is 8.73. The van der Waals surface area contributed by atoms with Gasteiger partial charge >= 0.3 is 0 Å². The van der Waals surface area contributed by atoms with E-state index in [2.05, 4.69) is 10.2 Å². The highest BCUT2D eigenvalue weighted by atomic mass is 19.1. The van der Waals surface area contributed by atoms with Gasteiger partial charge in [0.15, 0.2) is 0 Å². The maximum absolute atomic E-state index is 13.5. The van der Waals surface area contributed by atoms with Gasteiger partial charge in [0.25, 0.3) is 5.91 Å². The number of rotatable bonds is 4. The number of carbonyl (C=O) groups is 1. The molecule has 1 aromatic heterocycles. The molecule has 1 amide bonds. The van der Waals surface area contributed by atoms with E-state index in [0.29, 0.717) is 13.1 Å². The number of halogens is 1. The van der Waals surface area contributed by atoms with E-state index in [1.807, 2.05) is 19.9 Å². The number of nitrogens with one attached hydrogen (secondary N) is 1. The van der Waals surface area contributed by atoms with Crippen molar-refractivity contribution in [2.75, 3.05) is 13.1 Å². The van der Waals surface area contributed by atoms with Crippen LogP contribution in [0.15, 0.2) is 30.5 Å². The molecule has 6 heteroatoms. The van der Waals surface area contributed by atoms with Crippen molar-refractivity contribution in [2.45, 2.75) is 38.7 Å². The summed E-state index contributed by atoms with van der Waals surface area (Å²) in [5, 5.41) is 17.2. The van der Waals surface area contributed by atoms with Gasteiger partial charge in [0.1, 0.15) is 11.9 Å². The van der Waals surface area contributed by atoms with Crippen LogP contribution in [0.4, 0.5) is 4.39 Å². The van der Waals surface area contributed by atoms with Crippen LogP contribution in [0, 0.1) is 11.7 Å². The molecule has 1 aromatic carbocycles. The van der Waals surface area contributed by atoms with Gasteiger partial charge < -0.3 is 10.0 Å². The summed E-state index contributed by atoms with van der Waals surface area (Å²) in [6, 6.07) is 6.49. The molecule has 1 unspecified atom stereocenters. The van der Waals surface area contributed by atoms with Gasteiger partial charge in [0, 0.05) is 30.3 Å². The predicted octanol–water partition coefficient (Wildman–Crippen LogP) is 2.94. The number of piperidine rings is 1. The molecule has 0 saturated carbocycles. The Bertz CT molecular complexity index is 736. The molecule has 3 rings (SSSR count). The maximum Gasteiger partial charge on any atom is 0.251 e. The number of likely N-dealkylation sites (tertiary alicyclic amines) is 1. The molecule has 2 aromatic rings. The molecule has 1 aliphatic rings. The zero-order valence-electron chi connectivity index (χ0n) is 14.6. The van der Waals surface area contributed by atoms with Crippen molar-refractivity contribution in [3.63, 3.8) is 0 Å². The second-order valence-electron chi connectivity index (χ2n) is 7.00. The Kier molecular flexibility index (Phi) is 5.18. The Labute approximate surface area is 146 Å². The first-order valence-corrected chi connectivity index (χ1v) is 8.73. The molecular formula is C19H24FN3O2. The minimum atomic E-state index is -0.938. The van der Waals surface area contributed by atoms with Gasteiger partial charge in [-0.25, -0.2) is 4.39 Å². The molecule has 0 bridgehead atoms. The average Bonchev–Trinajstić information content (AvgIpc) is 3.10. The van der Waals surface area contributed by atoms with Gasteiger partial charge in [-0.1, -0.05) is 26.0 Å². The lowest BCUT2D eigenvalue weighted by molar-refractivity contribution is -0.143. The number of nitrogens with zero attached hydrogens (tertiary/aromatic N) is 2. The predicted molar refractivity (Wildman–Crippen MR) is 93.4 cm³/mol. The zero-order chi connectivity index (χ0) is 18.0. The lowest BCUT2D eigenvalue weighted by atomic mass is 9.89. The van der Waals surface area contributed by atoms with Gasteiger partial charge in [-0.05, 0) is 36.5 Å². The van der Waals surface area contributed by atoms with E-state index in [4.69, 9.17) is 0 Å². The smallest absolute Gasteiger partial charge is 0.251 e. The third-order valence-electron chi connectivity index (χ3n) is 4.90. The lowest BCUT2D eigenvalue weighted by Crippen LogP contribution is -2.45. The molecule has 2 N–H and O–H groups in total. The minimum Gasteiger partial charge on any atom is -0.383 e. The van der Waals surface area contributed by atoms with E-state index < -0.39 is 6.10 Å². The number of hydrogen-bond acceptors (Lipinski definition) is 3. The van der Waals surface area contributed by atoms with Crippen molar-refractivity contribution >= 4 is 5.91 Å². The topological polar surface area (TPSA) is 69.2 Å². The molecule has 0 spiro atoms. The van der Waals surface area contributed by atoms with Crippen molar-refractivity contribution in [3.05, 3.63) is 42.0 Å². The van der Waals surface area contributed by atoms with E-state index in [1.54, 1.807) is 17.2 Å². The number of aliphatic hydroxyl groups is 1. The summed E-state index contributed by atoms with van der Waals surface area (Å²) >= 11 is 0. The lowest BCUT2D eigenvalue weighted by Gasteiger charge is -2.33. The summed E-state index contributed by atoms with van der Waals surface area (Å²) in [6.45, 7) is 4.89. The Hall–Kier alpha value is -2.21. The fourth-order valence-electron chi connectivity index (χ4n) is 3.35. The van der Waals surface area contributed by atoms with Gasteiger partial charge in [-0.2, -0.15) is 5.10 Å². The van der Waals surface area contributed by atoms with Crippen LogP contribution in [-0.4, -0.2) is 45.3 Å². The normalized spacial score (nSPS) is 17.1. The first-order chi connectivity index (χ1) is 12.0. The molecule has 1 saturated heterocycles. The van der Waals surface area contributed by atoms with Crippen LogP contribution in [0.5, 0.6) is 0 Å². The number of amides is 1. The zero-order valence-corrected chi connectivity index (χ0v) is 14.6. The fraction of sp³-hybridized carbons (Fsp3) is 0.474. The Balaban J connectivity index is 1.70. The average molecular weight is 345 g/mol. The van der Waals surface area contributed by atoms with Crippen molar-refractivity contribution in [2.24, 2.45) is 5.92 Å². The van der Waals surface area contributed by atoms with Crippen LogP contribution in [0.25, 0.3) is 11.1 Å². The highest BCUT2D eigenvalue weighted by Crippen LogP contribution is 2.34. The van der Waals surface area contributed by atoms with Crippen molar-refractivity contribution in [1.29, 1.82) is 0 Å². The van der Waals surface area contributed by atoms with Crippen molar-refractivity contribution in [1.82, 2.24) is 15.1 Å². The molecule has 1 aliphatic heterocycles. The third-order valence-corrected chi connectivity index (χ3v) is 4.90. The molecule has 0 radical (unpaired) electrons. The van der Waals surface area contributed by atoms with E-state index in [0.717, 1.165) is 29.7 Å². The Morgan fingerprint density at radius 1 is 1.36 bits per heavy atom. The van der Waals surface area contributed by atoms with Crippen molar-refractivity contribution < 1.29 is 14.3 Å². The summed E-state index contributed by atoms with van der Waals surface area (Å²) in [7, 11) is 0. The van der Waals surface area contributed by atoms with E-state index >= 15 is 0 Å². The SMILES string of the molecule is CC(C)C(O)C(=O)N1CCC(c2[nH]ncc2-c2cccc(F)c2)CC1. The van der Waals surface area contributed by atoms with Gasteiger partial charge in [-0.15, -0.1) is 0 Å². The second kappa shape index (κ2) is 7.35. The Morgan fingerprint density at radius 3 is 2.72 bits per heavy atom.